The Hall–Kier alpha value is -1.13. The molecular formula is C16H23N3O4S2. The maximum atomic E-state index is 11.6. The molecule has 0 spiro atoms. The first kappa shape index (κ1) is 18.7. The van der Waals surface area contributed by atoms with Gasteiger partial charge in [0.15, 0.2) is 5.16 Å². The first-order valence-electron chi connectivity index (χ1n) is 8.34. The molecule has 1 atom stereocenters. The second-order valence-corrected chi connectivity index (χ2v) is 8.56. The first-order valence-corrected chi connectivity index (χ1v) is 10.9. The molecule has 9 heteroatoms. The number of aryl methyl sites for hydroxylation is 1. The highest BCUT2D eigenvalue weighted by atomic mass is 32.2. The second-order valence-electron chi connectivity index (χ2n) is 6.01. The molecule has 1 fully saturated rings. The predicted molar refractivity (Wildman–Crippen MR) is 97.0 cm³/mol. The number of benzene rings is 1. The summed E-state index contributed by atoms with van der Waals surface area (Å²) in [6.07, 6.45) is 3.13. The molecule has 3 rings (SSSR count). The SMILES string of the molecule is CCCCn1c(SC[C@@H]2CCOCO2)nc2cc(S(N)(=O)=O)ccc21. The molecule has 0 radical (unpaired) electrons. The van der Waals surface area contributed by atoms with Crippen molar-refractivity contribution in [3.63, 3.8) is 0 Å². The minimum Gasteiger partial charge on any atom is -0.355 e. The van der Waals surface area contributed by atoms with Crippen LogP contribution >= 0.6 is 11.8 Å². The lowest BCUT2D eigenvalue weighted by Gasteiger charge is -2.22. The van der Waals surface area contributed by atoms with E-state index in [2.05, 4.69) is 16.5 Å². The molecule has 0 bridgehead atoms. The van der Waals surface area contributed by atoms with Gasteiger partial charge in [0.1, 0.15) is 6.79 Å². The number of nitrogens with zero attached hydrogens (tertiary/aromatic N) is 2. The zero-order chi connectivity index (χ0) is 17.9. The zero-order valence-electron chi connectivity index (χ0n) is 14.2. The molecule has 0 aliphatic carbocycles. The number of hydrogen-bond donors (Lipinski definition) is 1. The average Bonchev–Trinajstić information content (AvgIpc) is 2.95. The molecular weight excluding hydrogens is 362 g/mol. The number of aromatic nitrogens is 2. The highest BCUT2D eigenvalue weighted by Crippen LogP contribution is 2.28. The number of hydrogen-bond acceptors (Lipinski definition) is 6. The summed E-state index contributed by atoms with van der Waals surface area (Å²) >= 11 is 1.63. The number of rotatable bonds is 7. The van der Waals surface area contributed by atoms with Crippen molar-refractivity contribution in [2.24, 2.45) is 5.14 Å². The number of sulfonamides is 1. The van der Waals surface area contributed by atoms with Crippen LogP contribution in [-0.2, 0) is 26.0 Å². The Kier molecular flexibility index (Phi) is 6.00. The smallest absolute Gasteiger partial charge is 0.238 e. The Morgan fingerprint density at radius 1 is 1.44 bits per heavy atom. The maximum absolute atomic E-state index is 11.6. The lowest BCUT2D eigenvalue weighted by atomic mass is 10.3. The van der Waals surface area contributed by atoms with E-state index in [-0.39, 0.29) is 11.0 Å². The van der Waals surface area contributed by atoms with Gasteiger partial charge in [-0.2, -0.15) is 0 Å². The van der Waals surface area contributed by atoms with E-state index in [1.807, 2.05) is 0 Å². The number of fused-ring (bicyclic) bond motifs is 1. The van der Waals surface area contributed by atoms with Crippen molar-refractivity contribution in [3.05, 3.63) is 18.2 Å². The summed E-state index contributed by atoms with van der Waals surface area (Å²) in [7, 11) is -3.73. The quantitative estimate of drug-likeness (QED) is 0.735. The summed E-state index contributed by atoms with van der Waals surface area (Å²) in [5.74, 6) is 0.793. The van der Waals surface area contributed by atoms with E-state index in [0.29, 0.717) is 12.3 Å². The van der Waals surface area contributed by atoms with Gasteiger partial charge in [0, 0.05) is 12.3 Å². The summed E-state index contributed by atoms with van der Waals surface area (Å²) in [5.41, 5.74) is 1.58. The van der Waals surface area contributed by atoms with Gasteiger partial charge in [-0.3, -0.25) is 0 Å². The monoisotopic (exact) mass is 385 g/mol. The van der Waals surface area contributed by atoms with Crippen LogP contribution in [0.25, 0.3) is 11.0 Å². The third kappa shape index (κ3) is 4.53. The van der Waals surface area contributed by atoms with E-state index in [1.165, 1.54) is 6.07 Å². The fraction of sp³-hybridized carbons (Fsp3) is 0.562. The van der Waals surface area contributed by atoms with Crippen LogP contribution in [0.3, 0.4) is 0 Å². The summed E-state index contributed by atoms with van der Waals surface area (Å²) in [6.45, 7) is 4.05. The van der Waals surface area contributed by atoms with E-state index in [1.54, 1.807) is 23.9 Å². The van der Waals surface area contributed by atoms with Crippen molar-refractivity contribution in [1.29, 1.82) is 0 Å². The molecule has 0 unspecified atom stereocenters. The van der Waals surface area contributed by atoms with Crippen molar-refractivity contribution in [3.8, 4) is 0 Å². The van der Waals surface area contributed by atoms with Crippen molar-refractivity contribution in [1.82, 2.24) is 9.55 Å². The molecule has 1 aromatic carbocycles. The van der Waals surface area contributed by atoms with E-state index in [4.69, 9.17) is 14.6 Å². The van der Waals surface area contributed by atoms with Crippen molar-refractivity contribution >= 4 is 32.8 Å². The molecule has 1 saturated heterocycles. The Labute approximate surface area is 151 Å². The third-order valence-electron chi connectivity index (χ3n) is 4.12. The van der Waals surface area contributed by atoms with Crippen LogP contribution in [0.4, 0.5) is 0 Å². The molecule has 1 aliphatic rings. The number of thioether (sulfide) groups is 1. The van der Waals surface area contributed by atoms with Crippen LogP contribution in [0, 0.1) is 0 Å². The summed E-state index contributed by atoms with van der Waals surface area (Å²) in [6, 6.07) is 4.87. The fourth-order valence-electron chi connectivity index (χ4n) is 2.71. The average molecular weight is 386 g/mol. The van der Waals surface area contributed by atoms with Gasteiger partial charge in [0.25, 0.3) is 0 Å². The Bertz CT molecular complexity index is 829. The van der Waals surface area contributed by atoms with Gasteiger partial charge < -0.3 is 14.0 Å². The van der Waals surface area contributed by atoms with Crippen LogP contribution in [0.15, 0.2) is 28.3 Å². The van der Waals surface area contributed by atoms with Crippen LogP contribution in [0.1, 0.15) is 26.2 Å². The second kappa shape index (κ2) is 8.05. The maximum Gasteiger partial charge on any atom is 0.238 e. The van der Waals surface area contributed by atoms with Gasteiger partial charge in [-0.25, -0.2) is 18.5 Å². The third-order valence-corrected chi connectivity index (χ3v) is 6.14. The standard InChI is InChI=1S/C16H23N3O4S2/c1-2-3-7-19-15-5-4-13(25(17,20)21)9-14(15)18-16(19)24-10-12-6-8-22-11-23-12/h4-5,9,12H,2-3,6-8,10-11H2,1H3,(H2,17,20,21)/t12-/m0/s1. The summed E-state index contributed by atoms with van der Waals surface area (Å²) in [5, 5.41) is 6.11. The summed E-state index contributed by atoms with van der Waals surface area (Å²) in [4.78, 5) is 4.73. The molecule has 1 aromatic heterocycles. The highest BCUT2D eigenvalue weighted by Gasteiger charge is 2.18. The Morgan fingerprint density at radius 2 is 2.28 bits per heavy atom. The Morgan fingerprint density at radius 3 is 2.96 bits per heavy atom. The molecule has 0 amide bonds. The number of nitrogens with two attached hydrogens (primary N) is 1. The minimum absolute atomic E-state index is 0.0875. The Balaban J connectivity index is 1.88. The van der Waals surface area contributed by atoms with Gasteiger partial charge in [0.05, 0.1) is 28.6 Å². The lowest BCUT2D eigenvalue weighted by Crippen LogP contribution is -2.25. The van der Waals surface area contributed by atoms with E-state index in [9.17, 15) is 8.42 Å². The number of imidazole rings is 1. The minimum atomic E-state index is -3.73. The van der Waals surface area contributed by atoms with Crippen LogP contribution in [-0.4, -0.2) is 43.2 Å². The van der Waals surface area contributed by atoms with Crippen LogP contribution in [0.2, 0.25) is 0 Å². The first-order chi connectivity index (χ1) is 12.0. The predicted octanol–water partition coefficient (Wildman–Crippen LogP) is 2.34. The van der Waals surface area contributed by atoms with Gasteiger partial charge >= 0.3 is 0 Å². The van der Waals surface area contributed by atoms with Crippen molar-refractivity contribution in [2.75, 3.05) is 19.2 Å². The lowest BCUT2D eigenvalue weighted by molar-refractivity contribution is -0.130. The largest absolute Gasteiger partial charge is 0.355 e. The topological polar surface area (TPSA) is 96.4 Å². The van der Waals surface area contributed by atoms with Gasteiger partial charge in [-0.05, 0) is 31.0 Å². The van der Waals surface area contributed by atoms with Gasteiger partial charge in [-0.1, -0.05) is 25.1 Å². The van der Waals surface area contributed by atoms with Crippen molar-refractivity contribution < 1.29 is 17.9 Å². The van der Waals surface area contributed by atoms with Crippen molar-refractivity contribution in [2.45, 2.75) is 48.9 Å². The zero-order valence-corrected chi connectivity index (χ0v) is 15.8. The molecule has 2 aromatic rings. The molecule has 0 saturated carbocycles. The molecule has 2 heterocycles. The molecule has 7 nitrogen and oxygen atoms in total. The van der Waals surface area contributed by atoms with Crippen LogP contribution < -0.4 is 5.14 Å². The van der Waals surface area contributed by atoms with E-state index >= 15 is 0 Å². The molecule has 1 aliphatic heterocycles. The molecule has 2 N–H and O–H groups in total. The highest BCUT2D eigenvalue weighted by molar-refractivity contribution is 7.99. The normalized spacial score (nSPS) is 18.7. The number of primary sulfonamides is 1. The van der Waals surface area contributed by atoms with Crippen LogP contribution in [0.5, 0.6) is 0 Å². The summed E-state index contributed by atoms with van der Waals surface area (Å²) < 4.78 is 36.1. The molecule has 25 heavy (non-hydrogen) atoms. The van der Waals surface area contributed by atoms with Gasteiger partial charge in [0.2, 0.25) is 10.0 Å². The molecule has 138 valence electrons. The van der Waals surface area contributed by atoms with E-state index < -0.39 is 10.0 Å². The number of ether oxygens (including phenoxy) is 2. The fourth-order valence-corrected chi connectivity index (χ4v) is 4.35. The van der Waals surface area contributed by atoms with Gasteiger partial charge in [-0.15, -0.1) is 0 Å². The van der Waals surface area contributed by atoms with E-state index in [0.717, 1.165) is 48.8 Å². The number of unbranched alkanes of at least 4 members (excludes halogenated alkanes) is 1.